The van der Waals surface area contributed by atoms with Crippen LogP contribution in [-0.2, 0) is 4.74 Å². The molecule has 0 amide bonds. The van der Waals surface area contributed by atoms with Crippen LogP contribution in [0.3, 0.4) is 0 Å². The molecule has 1 rings (SSSR count). The Labute approximate surface area is 113 Å². The number of carbonyl (C=O) groups is 1. The van der Waals surface area contributed by atoms with Gasteiger partial charge in [0.15, 0.2) is 0 Å². The zero-order valence-corrected chi connectivity index (χ0v) is 11.8. The molecule has 1 aromatic rings. The van der Waals surface area contributed by atoms with Crippen molar-refractivity contribution in [2.75, 3.05) is 19.0 Å². The van der Waals surface area contributed by atoms with Crippen molar-refractivity contribution in [3.8, 4) is 0 Å². The quantitative estimate of drug-likeness (QED) is 0.837. The number of methoxy groups -OCH3 is 1. The molecule has 0 saturated heterocycles. The van der Waals surface area contributed by atoms with E-state index in [-0.39, 0.29) is 12.6 Å². The number of esters is 1. The molecule has 0 spiro atoms. The normalized spacial score (nSPS) is 12.1. The maximum Gasteiger partial charge on any atom is 0.340 e. The van der Waals surface area contributed by atoms with E-state index in [0.717, 1.165) is 0 Å². The van der Waals surface area contributed by atoms with Gasteiger partial charge in [-0.3, -0.25) is 0 Å². The minimum atomic E-state index is -0.480. The van der Waals surface area contributed by atoms with Gasteiger partial charge in [0.05, 0.1) is 30.0 Å². The summed E-state index contributed by atoms with van der Waals surface area (Å²) < 4.78 is 5.34. The van der Waals surface area contributed by atoms with Crippen LogP contribution >= 0.6 is 27.5 Å². The molecule has 17 heavy (non-hydrogen) atoms. The number of aliphatic hydroxyl groups is 1. The van der Waals surface area contributed by atoms with E-state index < -0.39 is 5.97 Å². The zero-order valence-electron chi connectivity index (χ0n) is 9.46. The minimum absolute atomic E-state index is 0.0408. The predicted octanol–water partition coefficient (Wildman–Crippen LogP) is 2.68. The number of benzene rings is 1. The number of carbonyl (C=O) groups excluding carboxylic acids is 1. The molecule has 0 aliphatic rings. The van der Waals surface area contributed by atoms with E-state index in [1.807, 2.05) is 0 Å². The van der Waals surface area contributed by atoms with E-state index in [0.29, 0.717) is 20.7 Å². The molecule has 1 atom stereocenters. The molecule has 4 nitrogen and oxygen atoms in total. The molecule has 0 aromatic heterocycles. The highest BCUT2D eigenvalue weighted by Gasteiger charge is 2.16. The first-order chi connectivity index (χ1) is 7.99. The van der Waals surface area contributed by atoms with Crippen molar-refractivity contribution in [3.05, 3.63) is 27.2 Å². The molecular weight excluding hydrogens is 309 g/mol. The first-order valence-corrected chi connectivity index (χ1v) is 6.11. The number of nitrogens with one attached hydrogen (secondary N) is 1. The molecule has 0 unspecified atom stereocenters. The average Bonchev–Trinajstić information content (AvgIpc) is 2.32. The fraction of sp³-hybridized carbons (Fsp3) is 0.364. The Morgan fingerprint density at radius 2 is 2.29 bits per heavy atom. The topological polar surface area (TPSA) is 58.6 Å². The van der Waals surface area contributed by atoms with Crippen LogP contribution in [0.15, 0.2) is 16.6 Å². The number of rotatable bonds is 4. The fourth-order valence-electron chi connectivity index (χ4n) is 1.26. The van der Waals surface area contributed by atoms with Crippen molar-refractivity contribution >= 4 is 39.2 Å². The smallest absolute Gasteiger partial charge is 0.340 e. The van der Waals surface area contributed by atoms with Crippen molar-refractivity contribution in [2.24, 2.45) is 0 Å². The summed E-state index contributed by atoms with van der Waals surface area (Å²) in [7, 11) is 1.30. The Bertz CT molecular complexity index is 425. The number of halogens is 2. The van der Waals surface area contributed by atoms with Crippen LogP contribution in [0.2, 0.25) is 5.02 Å². The summed E-state index contributed by atoms with van der Waals surface area (Å²) in [5.41, 5.74) is 0.899. The monoisotopic (exact) mass is 321 g/mol. The number of hydrogen-bond acceptors (Lipinski definition) is 4. The van der Waals surface area contributed by atoms with E-state index >= 15 is 0 Å². The van der Waals surface area contributed by atoms with Gasteiger partial charge in [-0.2, -0.15) is 0 Å². The van der Waals surface area contributed by atoms with E-state index in [9.17, 15) is 4.79 Å². The molecule has 1 aromatic carbocycles. The van der Waals surface area contributed by atoms with E-state index in [1.54, 1.807) is 13.0 Å². The number of hydrogen-bond donors (Lipinski definition) is 2. The maximum absolute atomic E-state index is 11.6. The van der Waals surface area contributed by atoms with Gasteiger partial charge in [0.1, 0.15) is 0 Å². The number of aliphatic hydroxyl groups excluding tert-OH is 1. The van der Waals surface area contributed by atoms with Gasteiger partial charge < -0.3 is 15.2 Å². The third kappa shape index (κ3) is 3.59. The molecule has 0 radical (unpaired) electrons. The minimum Gasteiger partial charge on any atom is -0.465 e. The van der Waals surface area contributed by atoms with Gasteiger partial charge in [0.2, 0.25) is 0 Å². The largest absolute Gasteiger partial charge is 0.465 e. The van der Waals surface area contributed by atoms with Gasteiger partial charge in [-0.05, 0) is 35.0 Å². The van der Waals surface area contributed by atoms with Crippen LogP contribution in [0.25, 0.3) is 0 Å². The molecule has 2 N–H and O–H groups in total. The highest BCUT2D eigenvalue weighted by Crippen LogP contribution is 2.30. The molecular formula is C11H13BrClNO3. The highest BCUT2D eigenvalue weighted by atomic mass is 79.9. The first kappa shape index (κ1) is 14.3. The lowest BCUT2D eigenvalue weighted by Crippen LogP contribution is -2.21. The van der Waals surface area contributed by atoms with Gasteiger partial charge in [-0.15, -0.1) is 0 Å². The second kappa shape index (κ2) is 6.23. The molecule has 0 saturated carbocycles. The second-order valence-electron chi connectivity index (χ2n) is 3.53. The fourth-order valence-corrected chi connectivity index (χ4v) is 1.76. The van der Waals surface area contributed by atoms with E-state index in [1.165, 1.54) is 13.2 Å². The SMILES string of the molecule is COC(=O)c1cc(Cl)c(Br)cc1N[C@@H](C)CO. The molecule has 0 aliphatic heterocycles. The maximum atomic E-state index is 11.6. The van der Waals surface area contributed by atoms with Crippen molar-refractivity contribution in [2.45, 2.75) is 13.0 Å². The van der Waals surface area contributed by atoms with Gasteiger partial charge in [0.25, 0.3) is 0 Å². The summed E-state index contributed by atoms with van der Waals surface area (Å²) >= 11 is 9.20. The molecule has 6 heteroatoms. The first-order valence-electron chi connectivity index (χ1n) is 4.94. The van der Waals surface area contributed by atoms with Crippen LogP contribution < -0.4 is 5.32 Å². The third-order valence-corrected chi connectivity index (χ3v) is 3.34. The predicted molar refractivity (Wildman–Crippen MR) is 70.7 cm³/mol. The number of anilines is 1. The van der Waals surface area contributed by atoms with Crippen molar-refractivity contribution < 1.29 is 14.6 Å². The summed E-state index contributed by atoms with van der Waals surface area (Å²) in [6.45, 7) is 1.75. The zero-order chi connectivity index (χ0) is 13.0. The Morgan fingerprint density at radius 1 is 1.65 bits per heavy atom. The van der Waals surface area contributed by atoms with E-state index in [2.05, 4.69) is 26.0 Å². The lowest BCUT2D eigenvalue weighted by Gasteiger charge is -2.16. The third-order valence-electron chi connectivity index (χ3n) is 2.14. The molecule has 0 fully saturated rings. The Morgan fingerprint density at radius 3 is 2.82 bits per heavy atom. The summed E-state index contributed by atoms with van der Waals surface area (Å²) in [6.07, 6.45) is 0. The average molecular weight is 323 g/mol. The Hall–Kier alpha value is -0.780. The van der Waals surface area contributed by atoms with Crippen molar-refractivity contribution in [1.82, 2.24) is 0 Å². The summed E-state index contributed by atoms with van der Waals surface area (Å²) in [5, 5.41) is 12.4. The van der Waals surface area contributed by atoms with Gasteiger partial charge in [0, 0.05) is 10.5 Å². The van der Waals surface area contributed by atoms with Crippen LogP contribution in [-0.4, -0.2) is 30.8 Å². The standard InChI is InChI=1S/C11H13BrClNO3/c1-6(5-15)14-10-4-8(12)9(13)3-7(10)11(16)17-2/h3-4,6,14-15H,5H2,1-2H3/t6-/m0/s1. The molecule has 0 aliphatic carbocycles. The van der Waals surface area contributed by atoms with Crippen LogP contribution in [0.5, 0.6) is 0 Å². The van der Waals surface area contributed by atoms with Crippen LogP contribution in [0.4, 0.5) is 5.69 Å². The van der Waals surface area contributed by atoms with Gasteiger partial charge >= 0.3 is 5.97 Å². The molecule has 0 heterocycles. The van der Waals surface area contributed by atoms with Crippen molar-refractivity contribution in [3.63, 3.8) is 0 Å². The Kier molecular flexibility index (Phi) is 5.24. The Balaban J connectivity index is 3.16. The molecule has 94 valence electrons. The number of ether oxygens (including phenoxy) is 1. The highest BCUT2D eigenvalue weighted by molar-refractivity contribution is 9.10. The lowest BCUT2D eigenvalue weighted by atomic mass is 10.1. The van der Waals surface area contributed by atoms with Gasteiger partial charge in [-0.25, -0.2) is 4.79 Å². The van der Waals surface area contributed by atoms with Crippen molar-refractivity contribution in [1.29, 1.82) is 0 Å². The lowest BCUT2D eigenvalue weighted by molar-refractivity contribution is 0.0601. The summed E-state index contributed by atoms with van der Waals surface area (Å²) in [6, 6.07) is 3.02. The summed E-state index contributed by atoms with van der Waals surface area (Å²) in [4.78, 5) is 11.6. The van der Waals surface area contributed by atoms with Gasteiger partial charge in [-0.1, -0.05) is 11.6 Å². The van der Waals surface area contributed by atoms with Crippen LogP contribution in [0.1, 0.15) is 17.3 Å². The second-order valence-corrected chi connectivity index (χ2v) is 4.79. The van der Waals surface area contributed by atoms with E-state index in [4.69, 9.17) is 16.7 Å². The summed E-state index contributed by atoms with van der Waals surface area (Å²) in [5.74, 6) is -0.480. The molecule has 0 bridgehead atoms. The van der Waals surface area contributed by atoms with Crippen LogP contribution in [0, 0.1) is 0 Å².